The zero-order chi connectivity index (χ0) is 12.5. The molecule has 1 aromatic rings. The van der Waals surface area contributed by atoms with Crippen LogP contribution in [0.3, 0.4) is 0 Å². The molecular weight excluding hydrogens is 214 g/mol. The first-order valence-corrected chi connectivity index (χ1v) is 6.05. The van der Waals surface area contributed by atoms with Gasteiger partial charge >= 0.3 is 6.01 Å². The molecule has 17 heavy (non-hydrogen) atoms. The van der Waals surface area contributed by atoms with Crippen molar-refractivity contribution in [3.63, 3.8) is 0 Å². The van der Waals surface area contributed by atoms with Crippen LogP contribution in [0.1, 0.15) is 31.5 Å². The Morgan fingerprint density at radius 3 is 2.94 bits per heavy atom. The Labute approximate surface area is 103 Å². The van der Waals surface area contributed by atoms with Crippen molar-refractivity contribution < 1.29 is 4.74 Å². The Kier molecular flexibility index (Phi) is 6.25. The average molecular weight is 235 g/mol. The predicted octanol–water partition coefficient (Wildman–Crippen LogP) is 2.24. The summed E-state index contributed by atoms with van der Waals surface area (Å²) in [6, 6.07) is 0.444. The van der Waals surface area contributed by atoms with E-state index in [1.165, 1.54) is 0 Å². The van der Waals surface area contributed by atoms with Crippen LogP contribution in [-0.4, -0.2) is 23.1 Å². The molecule has 1 N–H and O–H groups in total. The lowest BCUT2D eigenvalue weighted by Gasteiger charge is -2.07. The second kappa shape index (κ2) is 7.79. The number of nitrogens with zero attached hydrogens (tertiary/aromatic N) is 2. The summed E-state index contributed by atoms with van der Waals surface area (Å²) in [5.41, 5.74) is 2.09. The molecule has 1 heterocycles. The molecule has 0 saturated heterocycles. The van der Waals surface area contributed by atoms with E-state index in [4.69, 9.17) is 4.74 Å². The van der Waals surface area contributed by atoms with Gasteiger partial charge in [-0.25, -0.2) is 9.97 Å². The summed E-state index contributed by atoms with van der Waals surface area (Å²) in [6.45, 7) is 8.43. The van der Waals surface area contributed by atoms with E-state index in [9.17, 15) is 0 Å². The molecule has 4 nitrogen and oxygen atoms in total. The first-order valence-electron chi connectivity index (χ1n) is 6.05. The van der Waals surface area contributed by atoms with Crippen molar-refractivity contribution in [2.75, 3.05) is 13.2 Å². The van der Waals surface area contributed by atoms with Gasteiger partial charge in [0.1, 0.15) is 6.61 Å². The lowest BCUT2D eigenvalue weighted by atomic mass is 10.2. The quantitative estimate of drug-likeness (QED) is 0.581. The highest BCUT2D eigenvalue weighted by Gasteiger charge is 2.03. The Balaban J connectivity index is 2.53. The minimum atomic E-state index is 0.444. The number of aryl methyl sites for hydroxylation is 1. The molecule has 0 atom stereocenters. The molecule has 0 amide bonds. The van der Waals surface area contributed by atoms with E-state index < -0.39 is 0 Å². The maximum atomic E-state index is 5.38. The first kappa shape index (κ1) is 13.6. The third-order valence-corrected chi connectivity index (χ3v) is 2.35. The molecule has 1 aromatic heterocycles. The monoisotopic (exact) mass is 235 g/mol. The van der Waals surface area contributed by atoms with Crippen LogP contribution < -0.4 is 10.1 Å². The molecule has 0 aliphatic carbocycles. The van der Waals surface area contributed by atoms with Crippen LogP contribution in [0.2, 0.25) is 0 Å². The van der Waals surface area contributed by atoms with Crippen LogP contribution in [0.25, 0.3) is 0 Å². The molecule has 0 aromatic carbocycles. The normalized spacial score (nSPS) is 11.0. The Hall–Kier alpha value is -1.42. The number of allylic oxidation sites excluding steroid dienone is 1. The summed E-state index contributed by atoms with van der Waals surface area (Å²) in [5.74, 6) is 0. The minimum Gasteiger partial charge on any atom is -0.459 e. The van der Waals surface area contributed by atoms with Crippen molar-refractivity contribution in [2.24, 2.45) is 0 Å². The highest BCUT2D eigenvalue weighted by Crippen LogP contribution is 2.08. The van der Waals surface area contributed by atoms with E-state index in [1.807, 2.05) is 32.2 Å². The van der Waals surface area contributed by atoms with Crippen molar-refractivity contribution in [1.82, 2.24) is 15.3 Å². The third-order valence-electron chi connectivity index (χ3n) is 2.35. The van der Waals surface area contributed by atoms with Gasteiger partial charge in [0.25, 0.3) is 0 Å². The van der Waals surface area contributed by atoms with Gasteiger partial charge in [0.15, 0.2) is 0 Å². The fraction of sp³-hybridized carbons (Fsp3) is 0.538. The molecule has 0 spiro atoms. The molecule has 0 aliphatic heterocycles. The molecule has 0 unspecified atom stereocenters. The Bertz CT molecular complexity index is 364. The molecule has 94 valence electrons. The zero-order valence-corrected chi connectivity index (χ0v) is 10.9. The predicted molar refractivity (Wildman–Crippen MR) is 69.1 cm³/mol. The molecule has 4 heteroatoms. The van der Waals surface area contributed by atoms with Crippen molar-refractivity contribution in [1.29, 1.82) is 0 Å². The smallest absolute Gasteiger partial charge is 0.316 e. The van der Waals surface area contributed by atoms with Crippen LogP contribution in [0.15, 0.2) is 18.3 Å². The van der Waals surface area contributed by atoms with Crippen LogP contribution in [0, 0.1) is 6.92 Å². The van der Waals surface area contributed by atoms with Crippen molar-refractivity contribution >= 4 is 0 Å². The van der Waals surface area contributed by atoms with Crippen LogP contribution >= 0.6 is 0 Å². The third kappa shape index (κ3) is 4.95. The fourth-order valence-electron chi connectivity index (χ4n) is 1.33. The zero-order valence-electron chi connectivity index (χ0n) is 10.9. The lowest BCUT2D eigenvalue weighted by molar-refractivity contribution is 0.331. The average Bonchev–Trinajstić information content (AvgIpc) is 2.32. The van der Waals surface area contributed by atoms with E-state index in [0.29, 0.717) is 12.6 Å². The summed E-state index contributed by atoms with van der Waals surface area (Å²) in [6.07, 6.45) is 6.83. The summed E-state index contributed by atoms with van der Waals surface area (Å²) >= 11 is 0. The van der Waals surface area contributed by atoms with Crippen LogP contribution in [-0.2, 0) is 6.54 Å². The summed E-state index contributed by atoms with van der Waals surface area (Å²) in [4.78, 5) is 8.50. The maximum absolute atomic E-state index is 5.38. The van der Waals surface area contributed by atoms with E-state index in [0.717, 1.165) is 30.8 Å². The SMILES string of the molecule is C/C=C/COc1ncc(CNCCC)c(C)n1. The van der Waals surface area contributed by atoms with Crippen LogP contribution in [0.5, 0.6) is 6.01 Å². The Morgan fingerprint density at radius 2 is 2.29 bits per heavy atom. The van der Waals surface area contributed by atoms with Crippen molar-refractivity contribution in [3.8, 4) is 6.01 Å². The molecule has 0 fully saturated rings. The highest BCUT2D eigenvalue weighted by atomic mass is 16.5. The number of ether oxygens (including phenoxy) is 1. The topological polar surface area (TPSA) is 47.0 Å². The van der Waals surface area contributed by atoms with Gasteiger partial charge in [-0.3, -0.25) is 0 Å². The van der Waals surface area contributed by atoms with Gasteiger partial charge in [-0.2, -0.15) is 0 Å². The highest BCUT2D eigenvalue weighted by molar-refractivity contribution is 5.17. The molecule has 0 radical (unpaired) electrons. The van der Waals surface area contributed by atoms with Crippen molar-refractivity contribution in [3.05, 3.63) is 29.6 Å². The van der Waals surface area contributed by atoms with Gasteiger partial charge in [0, 0.05) is 24.0 Å². The number of aromatic nitrogens is 2. The Morgan fingerprint density at radius 1 is 1.47 bits per heavy atom. The summed E-state index contributed by atoms with van der Waals surface area (Å²) in [7, 11) is 0. The van der Waals surface area contributed by atoms with E-state index in [1.54, 1.807) is 0 Å². The summed E-state index contributed by atoms with van der Waals surface area (Å²) in [5, 5.41) is 3.33. The maximum Gasteiger partial charge on any atom is 0.316 e. The van der Waals surface area contributed by atoms with Gasteiger partial charge in [-0.05, 0) is 26.8 Å². The van der Waals surface area contributed by atoms with Gasteiger partial charge < -0.3 is 10.1 Å². The number of hydrogen-bond acceptors (Lipinski definition) is 4. The van der Waals surface area contributed by atoms with E-state index in [2.05, 4.69) is 22.2 Å². The molecule has 0 saturated carbocycles. The number of nitrogens with one attached hydrogen (secondary N) is 1. The molecular formula is C13H21N3O. The van der Waals surface area contributed by atoms with Crippen LogP contribution in [0.4, 0.5) is 0 Å². The second-order valence-corrected chi connectivity index (χ2v) is 3.82. The van der Waals surface area contributed by atoms with Crippen molar-refractivity contribution in [2.45, 2.75) is 33.7 Å². The standard InChI is InChI=1S/C13H21N3O/c1-4-6-8-17-13-15-10-12(11(3)16-13)9-14-7-5-2/h4,6,10,14H,5,7-9H2,1-3H3/b6-4+. The number of hydrogen-bond donors (Lipinski definition) is 1. The van der Waals surface area contributed by atoms with Gasteiger partial charge in [0.05, 0.1) is 0 Å². The largest absolute Gasteiger partial charge is 0.459 e. The number of rotatable bonds is 7. The molecule has 1 rings (SSSR count). The lowest BCUT2D eigenvalue weighted by Crippen LogP contribution is -2.15. The second-order valence-electron chi connectivity index (χ2n) is 3.82. The van der Waals surface area contributed by atoms with E-state index in [-0.39, 0.29) is 0 Å². The van der Waals surface area contributed by atoms with Gasteiger partial charge in [0.2, 0.25) is 0 Å². The molecule has 0 aliphatic rings. The summed E-state index contributed by atoms with van der Waals surface area (Å²) < 4.78 is 5.38. The fourth-order valence-corrected chi connectivity index (χ4v) is 1.33. The van der Waals surface area contributed by atoms with Gasteiger partial charge in [-0.1, -0.05) is 19.1 Å². The minimum absolute atomic E-state index is 0.444. The molecule has 0 bridgehead atoms. The van der Waals surface area contributed by atoms with Gasteiger partial charge in [-0.15, -0.1) is 0 Å². The van der Waals surface area contributed by atoms with E-state index >= 15 is 0 Å². The first-order chi connectivity index (χ1) is 8.27.